The molecular formula is C31H35N9O3. The first kappa shape index (κ1) is 29.5. The third-order valence-electron chi connectivity index (χ3n) is 7.44. The van der Waals surface area contributed by atoms with Crippen LogP contribution in [0.25, 0.3) is 16.9 Å². The highest BCUT2D eigenvalue weighted by molar-refractivity contribution is 5.97. The number of ether oxygens (including phenoxy) is 1. The predicted octanol–water partition coefficient (Wildman–Crippen LogP) is 2.60. The summed E-state index contributed by atoms with van der Waals surface area (Å²) >= 11 is 0. The van der Waals surface area contributed by atoms with Crippen molar-refractivity contribution in [2.45, 2.75) is 38.9 Å². The molecule has 2 aromatic heterocycles. The first-order chi connectivity index (χ1) is 20.7. The highest BCUT2D eigenvalue weighted by Gasteiger charge is 2.28. The number of hydrogen-bond donors (Lipinski definition) is 3. The number of fused-ring (bicyclic) bond motifs is 1. The van der Waals surface area contributed by atoms with E-state index in [1.54, 1.807) is 37.3 Å². The molecule has 0 aliphatic carbocycles. The van der Waals surface area contributed by atoms with Gasteiger partial charge in [0.25, 0.3) is 5.91 Å². The Labute approximate surface area is 249 Å². The van der Waals surface area contributed by atoms with Crippen LogP contribution in [0.2, 0.25) is 0 Å². The third kappa shape index (κ3) is 6.43. The highest BCUT2D eigenvalue weighted by Crippen LogP contribution is 2.25. The minimum Gasteiger partial charge on any atom is -0.457 e. The number of nitrogen functional groups attached to an aromatic ring is 1. The number of nitrogens with one attached hydrogen (secondary N) is 2. The van der Waals surface area contributed by atoms with E-state index < -0.39 is 23.2 Å². The van der Waals surface area contributed by atoms with E-state index >= 15 is 0 Å². The lowest BCUT2D eigenvalue weighted by Gasteiger charge is -2.39. The normalized spacial score (nSPS) is 15.2. The number of hydrogen-bond acceptors (Lipinski definition) is 9. The zero-order valence-electron chi connectivity index (χ0n) is 24.4. The van der Waals surface area contributed by atoms with Crippen LogP contribution in [0, 0.1) is 11.3 Å². The summed E-state index contributed by atoms with van der Waals surface area (Å²) < 4.78 is 8.78. The number of carbonyl (C=O) groups excluding carboxylic acids is 1. The maximum absolute atomic E-state index is 13.8. The minimum absolute atomic E-state index is 0.0227. The van der Waals surface area contributed by atoms with Gasteiger partial charge in [-0.1, -0.05) is 18.2 Å². The van der Waals surface area contributed by atoms with E-state index in [0.29, 0.717) is 28.4 Å². The van der Waals surface area contributed by atoms with Gasteiger partial charge in [-0.05, 0) is 63.2 Å². The molecular weight excluding hydrogens is 546 g/mol. The van der Waals surface area contributed by atoms with Gasteiger partial charge in [-0.25, -0.2) is 14.8 Å². The molecule has 0 saturated carbocycles. The first-order valence-electron chi connectivity index (χ1n) is 14.1. The average molecular weight is 582 g/mol. The van der Waals surface area contributed by atoms with E-state index in [-0.39, 0.29) is 17.9 Å². The second-order valence-corrected chi connectivity index (χ2v) is 11.0. The molecule has 2 aromatic carbocycles. The SMILES string of the molecule is C[C@@H](Cn1c(=O)n(-c2ccc(Oc3ccccc3)cc2)c2c(N)ncnc21)NC(=O)/C(C#N)=C/C(C)(C)N1CCNCC1. The standard InChI is InChI=1S/C31H35N9O3/c1-21(37-29(41)22(18-32)17-31(2,3)38-15-13-34-14-16-38)19-39-28-26(27(33)35-20-36-28)40(30(39)42)23-9-11-25(12-10-23)43-24-7-5-4-6-8-24/h4-12,17,20-21,34H,13-16,19H2,1-3H3,(H,37,41)(H2,33,35,36)/b22-17+/t21-/m0/s1. The van der Waals surface area contributed by atoms with Gasteiger partial charge in [-0.15, -0.1) is 0 Å². The molecule has 1 aliphatic heterocycles. The molecule has 12 nitrogen and oxygen atoms in total. The number of piperazine rings is 1. The van der Waals surface area contributed by atoms with Gasteiger partial charge in [-0.3, -0.25) is 18.8 Å². The van der Waals surface area contributed by atoms with Gasteiger partial charge < -0.3 is 21.1 Å². The summed E-state index contributed by atoms with van der Waals surface area (Å²) in [4.78, 5) is 37.6. The number of amides is 1. The third-order valence-corrected chi connectivity index (χ3v) is 7.44. The Morgan fingerprint density at radius 1 is 1.14 bits per heavy atom. The fraction of sp³-hybridized carbons (Fsp3) is 0.323. The van der Waals surface area contributed by atoms with Crippen molar-refractivity contribution < 1.29 is 9.53 Å². The molecule has 0 spiro atoms. The number of benzene rings is 2. The average Bonchev–Trinajstić information content (AvgIpc) is 3.29. The van der Waals surface area contributed by atoms with Crippen molar-refractivity contribution in [3.63, 3.8) is 0 Å². The van der Waals surface area contributed by atoms with Crippen LogP contribution in [-0.4, -0.2) is 67.7 Å². The predicted molar refractivity (Wildman–Crippen MR) is 164 cm³/mol. The Balaban J connectivity index is 1.38. The maximum atomic E-state index is 13.8. The lowest BCUT2D eigenvalue weighted by Crippen LogP contribution is -2.52. The minimum atomic E-state index is -0.513. The van der Waals surface area contributed by atoms with Crippen LogP contribution < -0.4 is 26.8 Å². The molecule has 12 heteroatoms. The Bertz CT molecular complexity index is 1730. The number of aromatic nitrogens is 4. The Morgan fingerprint density at radius 2 is 1.81 bits per heavy atom. The number of para-hydroxylation sites is 1. The summed E-state index contributed by atoms with van der Waals surface area (Å²) in [6, 6.07) is 18.0. The van der Waals surface area contributed by atoms with Crippen LogP contribution in [0.3, 0.4) is 0 Å². The van der Waals surface area contributed by atoms with Crippen molar-refractivity contribution in [3.05, 3.63) is 83.1 Å². The van der Waals surface area contributed by atoms with Crippen molar-refractivity contribution in [1.82, 2.24) is 34.6 Å². The molecule has 1 atom stereocenters. The summed E-state index contributed by atoms with van der Waals surface area (Å²) in [7, 11) is 0. The Kier molecular flexibility index (Phi) is 8.56. The van der Waals surface area contributed by atoms with Crippen LogP contribution in [0.15, 0.2) is 77.4 Å². The summed E-state index contributed by atoms with van der Waals surface area (Å²) in [6.45, 7) is 9.19. The quantitative estimate of drug-likeness (QED) is 0.200. The molecule has 1 saturated heterocycles. The van der Waals surface area contributed by atoms with Gasteiger partial charge in [0.05, 0.1) is 5.69 Å². The number of carbonyl (C=O) groups is 1. The van der Waals surface area contributed by atoms with E-state index in [1.807, 2.05) is 50.2 Å². The molecule has 1 fully saturated rings. The molecule has 222 valence electrons. The number of rotatable bonds is 9. The Hall–Kier alpha value is -4.99. The van der Waals surface area contributed by atoms with Crippen molar-refractivity contribution in [2.24, 2.45) is 0 Å². The molecule has 43 heavy (non-hydrogen) atoms. The molecule has 0 unspecified atom stereocenters. The molecule has 3 heterocycles. The van der Waals surface area contributed by atoms with Crippen LogP contribution >= 0.6 is 0 Å². The van der Waals surface area contributed by atoms with Gasteiger partial charge >= 0.3 is 5.69 Å². The number of nitrogens with two attached hydrogens (primary N) is 1. The van der Waals surface area contributed by atoms with Gasteiger partial charge in [0.2, 0.25) is 0 Å². The van der Waals surface area contributed by atoms with Gasteiger partial charge in [-0.2, -0.15) is 5.26 Å². The second-order valence-electron chi connectivity index (χ2n) is 11.0. The molecule has 0 radical (unpaired) electrons. The molecule has 5 rings (SSSR count). The van der Waals surface area contributed by atoms with Crippen molar-refractivity contribution in [2.75, 3.05) is 31.9 Å². The summed E-state index contributed by atoms with van der Waals surface area (Å²) in [5.41, 5.74) is 6.63. The van der Waals surface area contributed by atoms with Crippen molar-refractivity contribution >= 4 is 22.9 Å². The van der Waals surface area contributed by atoms with E-state index in [0.717, 1.165) is 26.2 Å². The van der Waals surface area contributed by atoms with E-state index in [1.165, 1.54) is 15.5 Å². The largest absolute Gasteiger partial charge is 0.457 e. The fourth-order valence-electron chi connectivity index (χ4n) is 5.25. The lowest BCUT2D eigenvalue weighted by atomic mass is 9.97. The summed E-state index contributed by atoms with van der Waals surface area (Å²) in [5, 5.41) is 16.0. The molecule has 1 aliphatic rings. The van der Waals surface area contributed by atoms with Crippen molar-refractivity contribution in [1.29, 1.82) is 5.26 Å². The molecule has 0 bridgehead atoms. The Morgan fingerprint density at radius 3 is 2.49 bits per heavy atom. The molecule has 4 aromatic rings. The number of imidazole rings is 1. The second kappa shape index (κ2) is 12.5. The molecule has 4 N–H and O–H groups in total. The van der Waals surface area contributed by atoms with E-state index in [4.69, 9.17) is 10.5 Å². The zero-order valence-corrected chi connectivity index (χ0v) is 24.4. The smallest absolute Gasteiger partial charge is 0.335 e. The van der Waals surface area contributed by atoms with Gasteiger partial charge in [0.1, 0.15) is 35.0 Å². The maximum Gasteiger partial charge on any atom is 0.335 e. The highest BCUT2D eigenvalue weighted by atomic mass is 16.5. The van der Waals surface area contributed by atoms with Crippen molar-refractivity contribution in [3.8, 4) is 23.3 Å². The van der Waals surface area contributed by atoms with Crippen LogP contribution in [0.4, 0.5) is 5.82 Å². The molecule has 1 amide bonds. The summed E-state index contributed by atoms with van der Waals surface area (Å²) in [5.74, 6) is 0.943. The van der Waals surface area contributed by atoms with Crippen LogP contribution in [0.5, 0.6) is 11.5 Å². The van der Waals surface area contributed by atoms with E-state index in [2.05, 4.69) is 25.5 Å². The fourth-order valence-corrected chi connectivity index (χ4v) is 5.25. The first-order valence-corrected chi connectivity index (χ1v) is 14.1. The number of anilines is 1. The monoisotopic (exact) mass is 581 g/mol. The number of nitriles is 1. The van der Waals surface area contributed by atoms with Gasteiger partial charge in [0.15, 0.2) is 11.5 Å². The zero-order chi connectivity index (χ0) is 30.6. The number of nitrogens with zero attached hydrogens (tertiary/aromatic N) is 6. The van der Waals surface area contributed by atoms with Gasteiger partial charge in [0, 0.05) is 44.3 Å². The van der Waals surface area contributed by atoms with Crippen LogP contribution in [-0.2, 0) is 11.3 Å². The van der Waals surface area contributed by atoms with E-state index in [9.17, 15) is 14.9 Å². The van der Waals surface area contributed by atoms with Crippen LogP contribution in [0.1, 0.15) is 20.8 Å². The summed E-state index contributed by atoms with van der Waals surface area (Å²) in [6.07, 6.45) is 3.00. The topological polar surface area (TPSA) is 156 Å². The lowest BCUT2D eigenvalue weighted by molar-refractivity contribution is -0.117.